The molecule has 1 N–H and O–H groups in total. The molecule has 1 saturated heterocycles. The molecule has 0 radical (unpaired) electrons. The Hall–Kier alpha value is -2.33. The molecule has 0 saturated carbocycles. The standard InChI is InChI=1S/C22H23ClFN3O4S/c1-12-21(32-13(2)25-12)19(28)17-18(16-14(23)4-3-5-15(16)24)27(22(30)20(17)29)7-6-26-8-10-31-11-9-26/h3-5,18,29H,6-11H2,1-2H3. The molecule has 0 aliphatic carbocycles. The first-order valence-corrected chi connectivity index (χ1v) is 11.5. The van der Waals surface area contributed by atoms with Crippen molar-refractivity contribution in [3.63, 3.8) is 0 Å². The fourth-order valence-corrected chi connectivity index (χ4v) is 5.27. The Morgan fingerprint density at radius 1 is 1.31 bits per heavy atom. The van der Waals surface area contributed by atoms with Crippen LogP contribution in [-0.4, -0.2) is 71.0 Å². The highest BCUT2D eigenvalue weighted by Gasteiger charge is 2.46. The van der Waals surface area contributed by atoms with Crippen molar-refractivity contribution < 1.29 is 23.8 Å². The van der Waals surface area contributed by atoms with E-state index < -0.39 is 29.3 Å². The Bertz CT molecular complexity index is 1080. The largest absolute Gasteiger partial charge is 0.503 e. The van der Waals surface area contributed by atoms with Crippen LogP contribution < -0.4 is 0 Å². The molecular formula is C22H23ClFN3O4S. The number of amides is 1. The van der Waals surface area contributed by atoms with Crippen molar-refractivity contribution in [1.29, 1.82) is 0 Å². The zero-order valence-electron chi connectivity index (χ0n) is 17.7. The van der Waals surface area contributed by atoms with Crippen molar-refractivity contribution in [1.82, 2.24) is 14.8 Å². The third kappa shape index (κ3) is 4.17. The first-order chi connectivity index (χ1) is 15.3. The molecule has 1 unspecified atom stereocenters. The molecular weight excluding hydrogens is 457 g/mol. The smallest absolute Gasteiger partial charge is 0.290 e. The monoisotopic (exact) mass is 479 g/mol. The second kappa shape index (κ2) is 9.27. The molecule has 32 heavy (non-hydrogen) atoms. The zero-order chi connectivity index (χ0) is 23.0. The van der Waals surface area contributed by atoms with Gasteiger partial charge >= 0.3 is 0 Å². The summed E-state index contributed by atoms with van der Waals surface area (Å²) in [6.45, 7) is 6.73. The molecule has 2 aliphatic heterocycles. The number of benzene rings is 1. The molecule has 1 atom stereocenters. The SMILES string of the molecule is Cc1nc(C)c(C(=O)C2=C(O)C(=O)N(CCN3CCOCC3)C2c2c(F)cccc2Cl)s1. The van der Waals surface area contributed by atoms with E-state index in [-0.39, 0.29) is 22.7 Å². The van der Waals surface area contributed by atoms with E-state index in [9.17, 15) is 19.1 Å². The average molecular weight is 480 g/mol. The fraction of sp³-hybridized carbons (Fsp3) is 0.409. The number of carbonyl (C=O) groups is 2. The topological polar surface area (TPSA) is 83.0 Å². The molecule has 4 rings (SSSR count). The van der Waals surface area contributed by atoms with Gasteiger partial charge in [0.05, 0.1) is 40.4 Å². The second-order valence-electron chi connectivity index (χ2n) is 7.73. The summed E-state index contributed by atoms with van der Waals surface area (Å²) in [7, 11) is 0. The Balaban J connectivity index is 1.75. The average Bonchev–Trinajstić information content (AvgIpc) is 3.22. The minimum Gasteiger partial charge on any atom is -0.503 e. The van der Waals surface area contributed by atoms with Crippen molar-refractivity contribution in [2.75, 3.05) is 39.4 Å². The lowest BCUT2D eigenvalue weighted by Gasteiger charge is -2.32. The minimum absolute atomic E-state index is 0.00390. The first kappa shape index (κ1) is 22.8. The van der Waals surface area contributed by atoms with Crippen molar-refractivity contribution >= 4 is 34.6 Å². The van der Waals surface area contributed by atoms with Crippen LogP contribution in [0.4, 0.5) is 4.39 Å². The van der Waals surface area contributed by atoms with Crippen LogP contribution in [-0.2, 0) is 9.53 Å². The van der Waals surface area contributed by atoms with Crippen LogP contribution >= 0.6 is 22.9 Å². The van der Waals surface area contributed by atoms with Gasteiger partial charge in [0, 0.05) is 36.8 Å². The normalized spacial score (nSPS) is 19.8. The summed E-state index contributed by atoms with van der Waals surface area (Å²) in [6, 6.07) is 3.06. The molecule has 10 heteroatoms. The molecule has 1 aromatic heterocycles. The number of aliphatic hydroxyl groups excluding tert-OH is 1. The van der Waals surface area contributed by atoms with E-state index in [1.54, 1.807) is 13.8 Å². The Labute approximate surface area is 194 Å². The number of aromatic nitrogens is 1. The van der Waals surface area contributed by atoms with E-state index in [0.29, 0.717) is 48.4 Å². The van der Waals surface area contributed by atoms with Gasteiger partial charge in [-0.1, -0.05) is 17.7 Å². The molecule has 0 bridgehead atoms. The quantitative estimate of drug-likeness (QED) is 0.639. The summed E-state index contributed by atoms with van der Waals surface area (Å²) in [5, 5.41) is 11.5. The predicted octanol–water partition coefficient (Wildman–Crippen LogP) is 3.46. The number of halogens is 2. The van der Waals surface area contributed by atoms with Crippen LogP contribution in [0.3, 0.4) is 0 Å². The Morgan fingerprint density at radius 2 is 2.03 bits per heavy atom. The van der Waals surface area contributed by atoms with Crippen LogP contribution in [0, 0.1) is 19.7 Å². The lowest BCUT2D eigenvalue weighted by molar-refractivity contribution is -0.129. The molecule has 3 heterocycles. The lowest BCUT2D eigenvalue weighted by Crippen LogP contribution is -2.43. The zero-order valence-corrected chi connectivity index (χ0v) is 19.3. The number of nitrogens with zero attached hydrogens (tertiary/aromatic N) is 3. The van der Waals surface area contributed by atoms with Gasteiger partial charge in [0.2, 0.25) is 5.78 Å². The van der Waals surface area contributed by atoms with Crippen molar-refractivity contribution in [3.05, 3.63) is 61.5 Å². The number of carbonyl (C=O) groups excluding carboxylic acids is 2. The highest BCUT2D eigenvalue weighted by Crippen LogP contribution is 2.43. The van der Waals surface area contributed by atoms with E-state index >= 15 is 0 Å². The van der Waals surface area contributed by atoms with Gasteiger partial charge in [-0.15, -0.1) is 11.3 Å². The van der Waals surface area contributed by atoms with Gasteiger partial charge in [-0.25, -0.2) is 9.37 Å². The van der Waals surface area contributed by atoms with Gasteiger partial charge in [0.15, 0.2) is 5.76 Å². The van der Waals surface area contributed by atoms with E-state index in [4.69, 9.17) is 16.3 Å². The van der Waals surface area contributed by atoms with E-state index in [0.717, 1.165) is 0 Å². The number of morpholine rings is 1. The summed E-state index contributed by atoms with van der Waals surface area (Å²) in [5.74, 6) is -2.59. The number of Topliss-reactive ketones (excluding diaryl/α,β-unsaturated/α-hetero) is 1. The maximum atomic E-state index is 15.0. The molecule has 1 fully saturated rings. The number of ketones is 1. The highest BCUT2D eigenvalue weighted by atomic mass is 35.5. The number of ether oxygens (including phenoxy) is 1. The predicted molar refractivity (Wildman–Crippen MR) is 119 cm³/mol. The summed E-state index contributed by atoms with van der Waals surface area (Å²) >= 11 is 7.51. The minimum atomic E-state index is -1.13. The van der Waals surface area contributed by atoms with E-state index in [1.165, 1.54) is 34.4 Å². The van der Waals surface area contributed by atoms with Crippen molar-refractivity contribution in [2.24, 2.45) is 0 Å². The van der Waals surface area contributed by atoms with E-state index in [1.807, 2.05) is 0 Å². The van der Waals surface area contributed by atoms with Gasteiger partial charge in [0.1, 0.15) is 5.82 Å². The number of hydrogen-bond acceptors (Lipinski definition) is 7. The Kier molecular flexibility index (Phi) is 6.62. The summed E-state index contributed by atoms with van der Waals surface area (Å²) in [5.41, 5.74) is 0.321. The molecule has 2 aliphatic rings. The third-order valence-electron chi connectivity index (χ3n) is 5.69. The molecule has 7 nitrogen and oxygen atoms in total. The summed E-state index contributed by atoms with van der Waals surface area (Å²) < 4.78 is 20.3. The van der Waals surface area contributed by atoms with Gasteiger partial charge in [-0.2, -0.15) is 0 Å². The number of thiazole rings is 1. The highest BCUT2D eigenvalue weighted by molar-refractivity contribution is 7.14. The summed E-state index contributed by atoms with van der Waals surface area (Å²) in [6.07, 6.45) is 0. The molecule has 2 aromatic rings. The van der Waals surface area contributed by atoms with Crippen molar-refractivity contribution in [3.8, 4) is 0 Å². The maximum absolute atomic E-state index is 15.0. The molecule has 1 aromatic carbocycles. The third-order valence-corrected chi connectivity index (χ3v) is 7.09. The fourth-order valence-electron chi connectivity index (χ4n) is 4.13. The summed E-state index contributed by atoms with van der Waals surface area (Å²) in [4.78, 5) is 34.6. The lowest BCUT2D eigenvalue weighted by atomic mass is 9.94. The first-order valence-electron chi connectivity index (χ1n) is 10.3. The van der Waals surface area contributed by atoms with Crippen LogP contribution in [0.1, 0.15) is 32.0 Å². The van der Waals surface area contributed by atoms with Crippen molar-refractivity contribution in [2.45, 2.75) is 19.9 Å². The van der Waals surface area contributed by atoms with Gasteiger partial charge in [-0.05, 0) is 26.0 Å². The Morgan fingerprint density at radius 3 is 2.66 bits per heavy atom. The second-order valence-corrected chi connectivity index (χ2v) is 9.34. The number of aliphatic hydroxyl groups is 1. The number of rotatable bonds is 6. The van der Waals surface area contributed by atoms with Crippen LogP contribution in [0.25, 0.3) is 0 Å². The van der Waals surface area contributed by atoms with Crippen LogP contribution in [0.2, 0.25) is 5.02 Å². The van der Waals surface area contributed by atoms with Gasteiger partial charge in [0.25, 0.3) is 5.91 Å². The van der Waals surface area contributed by atoms with Gasteiger partial charge < -0.3 is 14.7 Å². The number of aryl methyl sites for hydroxylation is 2. The van der Waals surface area contributed by atoms with Gasteiger partial charge in [-0.3, -0.25) is 14.5 Å². The molecule has 170 valence electrons. The van der Waals surface area contributed by atoms with Crippen LogP contribution in [0.5, 0.6) is 0 Å². The van der Waals surface area contributed by atoms with Crippen LogP contribution in [0.15, 0.2) is 29.5 Å². The molecule has 0 spiro atoms. The van der Waals surface area contributed by atoms with E-state index in [2.05, 4.69) is 9.88 Å². The maximum Gasteiger partial charge on any atom is 0.290 e. The molecule has 1 amide bonds. The number of hydrogen-bond donors (Lipinski definition) is 1.